The van der Waals surface area contributed by atoms with E-state index in [0.29, 0.717) is 18.8 Å². The Balaban J connectivity index is 1.38. The summed E-state index contributed by atoms with van der Waals surface area (Å²) in [7, 11) is 0. The maximum absolute atomic E-state index is 13.5. The molecule has 5 rings (SSSR count). The molecule has 4 aliphatic rings. The predicted molar refractivity (Wildman–Crippen MR) is 135 cm³/mol. The first-order valence-electron chi connectivity index (χ1n) is 12.4. The lowest BCUT2D eigenvalue weighted by Crippen LogP contribution is -2.45. The number of hydrazone groups is 1. The predicted octanol–water partition coefficient (Wildman–Crippen LogP) is 4.66. The van der Waals surface area contributed by atoms with E-state index in [2.05, 4.69) is 20.3 Å². The zero-order chi connectivity index (χ0) is 24.7. The van der Waals surface area contributed by atoms with Crippen molar-refractivity contribution < 1.29 is 9.53 Å². The Bertz CT molecular complexity index is 1130. The number of aryl methyl sites for hydroxylation is 1. The van der Waals surface area contributed by atoms with Crippen LogP contribution in [0.4, 0.5) is 0 Å². The molecule has 0 saturated heterocycles. The summed E-state index contributed by atoms with van der Waals surface area (Å²) in [5, 5.41) is 11.0. The van der Waals surface area contributed by atoms with E-state index in [1.54, 1.807) is 18.7 Å². The molecule has 8 nitrogen and oxygen atoms in total. The number of ether oxygens (including phenoxy) is 1. The number of carbonyl (C=O) groups excluding carboxylic acids is 1. The first-order valence-corrected chi connectivity index (χ1v) is 12.8. The van der Waals surface area contributed by atoms with Gasteiger partial charge in [0.1, 0.15) is 17.8 Å². The van der Waals surface area contributed by atoms with Crippen LogP contribution in [-0.2, 0) is 9.53 Å². The van der Waals surface area contributed by atoms with E-state index < -0.39 is 11.6 Å². The van der Waals surface area contributed by atoms with Crippen molar-refractivity contribution in [2.24, 2.45) is 5.10 Å². The molecule has 35 heavy (non-hydrogen) atoms. The number of halogens is 1. The van der Waals surface area contributed by atoms with Crippen LogP contribution >= 0.6 is 11.6 Å². The van der Waals surface area contributed by atoms with Crippen LogP contribution < -0.4 is 5.32 Å². The first kappa shape index (κ1) is 23.9. The molecule has 1 aromatic heterocycles. The Morgan fingerprint density at radius 1 is 1.14 bits per heavy atom. The molecular formula is C26H33ClN6O2. The van der Waals surface area contributed by atoms with E-state index in [4.69, 9.17) is 21.4 Å². The fourth-order valence-corrected chi connectivity index (χ4v) is 5.64. The molecule has 1 fully saturated rings. The van der Waals surface area contributed by atoms with Crippen LogP contribution in [0.25, 0.3) is 0 Å². The molecule has 186 valence electrons. The Hall–Kier alpha value is -2.87. The van der Waals surface area contributed by atoms with Crippen molar-refractivity contribution >= 4 is 23.9 Å². The van der Waals surface area contributed by atoms with Gasteiger partial charge in [0.2, 0.25) is 0 Å². The molecule has 1 aromatic rings. The molecule has 1 atom stereocenters. The van der Waals surface area contributed by atoms with Crippen molar-refractivity contribution in [1.82, 2.24) is 25.2 Å². The third-order valence-electron chi connectivity index (χ3n) is 7.02. The zero-order valence-corrected chi connectivity index (χ0v) is 21.5. The summed E-state index contributed by atoms with van der Waals surface area (Å²) < 4.78 is 5.86. The van der Waals surface area contributed by atoms with Gasteiger partial charge in [0, 0.05) is 35.2 Å². The van der Waals surface area contributed by atoms with E-state index in [0.717, 1.165) is 59.2 Å². The fourth-order valence-electron chi connectivity index (χ4n) is 5.43. The fraction of sp³-hybridized carbons (Fsp3) is 0.538. The van der Waals surface area contributed by atoms with Crippen molar-refractivity contribution in [3.8, 4) is 0 Å². The van der Waals surface area contributed by atoms with Crippen LogP contribution in [0.2, 0.25) is 0 Å². The normalized spacial score (nSPS) is 26.4. The lowest BCUT2D eigenvalue weighted by atomic mass is 9.83. The van der Waals surface area contributed by atoms with Gasteiger partial charge in [0.25, 0.3) is 0 Å². The van der Waals surface area contributed by atoms with Crippen LogP contribution in [-0.4, -0.2) is 49.9 Å². The molecule has 1 N–H and O–H groups in total. The average molecular weight is 497 g/mol. The van der Waals surface area contributed by atoms with Crippen molar-refractivity contribution in [3.63, 3.8) is 0 Å². The van der Waals surface area contributed by atoms with Gasteiger partial charge in [-0.2, -0.15) is 5.10 Å². The largest absolute Gasteiger partial charge is 0.458 e. The van der Waals surface area contributed by atoms with Gasteiger partial charge in [-0.3, -0.25) is 14.9 Å². The molecule has 0 spiro atoms. The highest BCUT2D eigenvalue weighted by Gasteiger charge is 2.43. The average Bonchev–Trinajstić information content (AvgIpc) is 3.14. The molecule has 0 bridgehead atoms. The quantitative estimate of drug-likeness (QED) is 0.609. The molecule has 2 aliphatic carbocycles. The van der Waals surface area contributed by atoms with E-state index in [-0.39, 0.29) is 12.0 Å². The third-order valence-corrected chi connectivity index (χ3v) is 7.32. The molecular weight excluding hydrogens is 464 g/mol. The minimum absolute atomic E-state index is 0.242. The lowest BCUT2D eigenvalue weighted by Gasteiger charge is -2.36. The second-order valence-electron chi connectivity index (χ2n) is 10.6. The van der Waals surface area contributed by atoms with Crippen molar-refractivity contribution in [3.05, 3.63) is 58.2 Å². The van der Waals surface area contributed by atoms with Gasteiger partial charge >= 0.3 is 5.97 Å². The second kappa shape index (κ2) is 9.30. The molecule has 1 unspecified atom stereocenters. The van der Waals surface area contributed by atoms with Crippen molar-refractivity contribution in [2.75, 3.05) is 0 Å². The first-order chi connectivity index (χ1) is 16.7. The Morgan fingerprint density at radius 2 is 1.89 bits per heavy atom. The Kier molecular flexibility index (Phi) is 6.34. The number of esters is 1. The van der Waals surface area contributed by atoms with Gasteiger partial charge in [0.15, 0.2) is 6.04 Å². The number of allylic oxidation sites excluding steroid dienone is 2. The number of hydrogen-bond donors (Lipinski definition) is 1. The summed E-state index contributed by atoms with van der Waals surface area (Å²) in [6.45, 7) is 7.72. The van der Waals surface area contributed by atoms with Gasteiger partial charge in [-0.25, -0.2) is 9.80 Å². The number of nitrogens with zero attached hydrogens (tertiary/aromatic N) is 5. The van der Waals surface area contributed by atoms with Crippen LogP contribution in [0.5, 0.6) is 0 Å². The van der Waals surface area contributed by atoms with Crippen LogP contribution in [0.3, 0.4) is 0 Å². The van der Waals surface area contributed by atoms with E-state index in [1.807, 2.05) is 44.9 Å². The van der Waals surface area contributed by atoms with Crippen LogP contribution in [0.1, 0.15) is 76.6 Å². The van der Waals surface area contributed by atoms with Crippen LogP contribution in [0, 0.1) is 6.92 Å². The monoisotopic (exact) mass is 496 g/mol. The highest BCUT2D eigenvalue weighted by Crippen LogP contribution is 2.40. The molecule has 2 aliphatic heterocycles. The number of rotatable bonds is 3. The van der Waals surface area contributed by atoms with E-state index >= 15 is 0 Å². The minimum Gasteiger partial charge on any atom is -0.458 e. The summed E-state index contributed by atoms with van der Waals surface area (Å²) in [5.74, 6) is 1.000. The van der Waals surface area contributed by atoms with Gasteiger partial charge in [0.05, 0.1) is 17.4 Å². The highest BCUT2D eigenvalue weighted by molar-refractivity contribution is 6.29. The van der Waals surface area contributed by atoms with Gasteiger partial charge in [-0.1, -0.05) is 11.6 Å². The Morgan fingerprint density at radius 3 is 2.60 bits per heavy atom. The number of hydrogen-bond acceptors (Lipinski definition) is 8. The third kappa shape index (κ3) is 4.81. The molecule has 0 aromatic carbocycles. The highest BCUT2D eigenvalue weighted by atomic mass is 35.5. The maximum atomic E-state index is 13.5. The van der Waals surface area contributed by atoms with Crippen molar-refractivity contribution in [1.29, 1.82) is 0 Å². The molecule has 0 amide bonds. The standard InChI is InChI=1S/C26H33ClN6O2/c1-16-23(29-12-11-28-16)17-5-8-19(9-6-17)33-22-14-30-21-13-18(27)7-10-20(21)24(32(22)15-31-33)25(34)35-26(2,3)4/h11-15,17,19,24,30H,5-10H2,1-4H3/t17-,19-,24?. The summed E-state index contributed by atoms with van der Waals surface area (Å²) in [5.41, 5.74) is 3.38. The van der Waals surface area contributed by atoms with Crippen LogP contribution in [0.15, 0.2) is 51.9 Å². The molecule has 1 saturated carbocycles. The molecule has 9 heteroatoms. The smallest absolute Gasteiger partial charge is 0.334 e. The summed E-state index contributed by atoms with van der Waals surface area (Å²) in [6, 6.07) is -0.343. The van der Waals surface area contributed by atoms with E-state index in [9.17, 15) is 4.79 Å². The Labute approximate surface area is 211 Å². The van der Waals surface area contributed by atoms with Gasteiger partial charge in [-0.15, -0.1) is 0 Å². The van der Waals surface area contributed by atoms with E-state index in [1.165, 1.54) is 0 Å². The van der Waals surface area contributed by atoms with Gasteiger partial charge < -0.3 is 10.1 Å². The lowest BCUT2D eigenvalue weighted by molar-refractivity contribution is -0.158. The number of fused-ring (bicyclic) bond motifs is 1. The molecule has 0 radical (unpaired) electrons. The number of aromatic nitrogens is 2. The van der Waals surface area contributed by atoms with Crippen molar-refractivity contribution in [2.45, 2.75) is 89.8 Å². The molecule has 3 heterocycles. The number of nitrogens with one attached hydrogen (secondary N) is 1. The second-order valence-corrected chi connectivity index (χ2v) is 11.1. The summed E-state index contributed by atoms with van der Waals surface area (Å²) in [6.07, 6.45) is 14.6. The topological polar surface area (TPSA) is 83.0 Å². The minimum atomic E-state index is -0.586. The number of carbonyl (C=O) groups is 1. The summed E-state index contributed by atoms with van der Waals surface area (Å²) >= 11 is 6.36. The van der Waals surface area contributed by atoms with Gasteiger partial charge in [-0.05, 0) is 77.9 Å². The summed E-state index contributed by atoms with van der Waals surface area (Å²) in [4.78, 5) is 24.4. The zero-order valence-electron chi connectivity index (χ0n) is 20.8. The SMILES string of the molecule is Cc1nccnc1[C@H]1CC[C@H](N2N=CN3C2=CNC2=C(CCC(Cl)=C2)C3C(=O)OC(C)(C)C)CC1. The maximum Gasteiger partial charge on any atom is 0.334 e.